The lowest BCUT2D eigenvalue weighted by Crippen LogP contribution is -2.20. The van der Waals surface area contributed by atoms with Crippen molar-refractivity contribution in [1.82, 2.24) is 0 Å². The second kappa shape index (κ2) is 8.29. The number of hydrogen-bond acceptors (Lipinski definition) is 4. The van der Waals surface area contributed by atoms with Crippen molar-refractivity contribution < 1.29 is 9.53 Å². The summed E-state index contributed by atoms with van der Waals surface area (Å²) in [6.45, 7) is 3.98. The zero-order valence-corrected chi connectivity index (χ0v) is 17.3. The zero-order chi connectivity index (χ0) is 17.9. The number of aryl methyl sites for hydroxylation is 1. The molecule has 1 heterocycles. The quantitative estimate of drug-likeness (QED) is 0.470. The van der Waals surface area contributed by atoms with Crippen molar-refractivity contribution in [2.24, 2.45) is 0 Å². The van der Waals surface area contributed by atoms with E-state index in [1.165, 1.54) is 18.4 Å². The molecular weight excluding hydrogens is 432 g/mol. The van der Waals surface area contributed by atoms with Gasteiger partial charge in [-0.1, -0.05) is 34.5 Å². The number of ether oxygens (including phenoxy) is 1. The first-order valence-electron chi connectivity index (χ1n) is 7.11. The number of carbonyl (C=O) groups is 1. The molecule has 0 aliphatic carbocycles. The minimum Gasteiger partial charge on any atom is -0.465 e. The van der Waals surface area contributed by atoms with Gasteiger partial charge in [0.05, 0.1) is 23.4 Å². The van der Waals surface area contributed by atoms with E-state index in [1.807, 2.05) is 26.0 Å². The summed E-state index contributed by atoms with van der Waals surface area (Å²) in [5.74, 6) is -0.372. The molecule has 2 rings (SSSR count). The maximum Gasteiger partial charge on any atom is 0.341 e. The van der Waals surface area contributed by atoms with E-state index in [9.17, 15) is 4.79 Å². The molecule has 8 heteroatoms. The average molecular weight is 448 g/mol. The Morgan fingerprint density at radius 3 is 2.71 bits per heavy atom. The maximum absolute atomic E-state index is 12.1. The number of nitrogens with one attached hydrogen (secondary N) is 2. The topological polar surface area (TPSA) is 50.4 Å². The van der Waals surface area contributed by atoms with Gasteiger partial charge in [-0.05, 0) is 49.3 Å². The molecule has 4 nitrogen and oxygen atoms in total. The van der Waals surface area contributed by atoms with E-state index in [0.29, 0.717) is 26.4 Å². The van der Waals surface area contributed by atoms with Crippen molar-refractivity contribution in [2.45, 2.75) is 20.3 Å². The van der Waals surface area contributed by atoms with Gasteiger partial charge in [0, 0.05) is 9.35 Å². The Kier molecular flexibility index (Phi) is 6.62. The highest BCUT2D eigenvalue weighted by molar-refractivity contribution is 9.10. The largest absolute Gasteiger partial charge is 0.465 e. The SMILES string of the molecule is CCc1c(C)sc(NC(=S)Nc2ccc(Br)cc2Cl)c1C(=O)OC. The van der Waals surface area contributed by atoms with E-state index < -0.39 is 0 Å². The predicted molar refractivity (Wildman–Crippen MR) is 109 cm³/mol. The van der Waals surface area contributed by atoms with E-state index in [2.05, 4.69) is 26.6 Å². The number of rotatable bonds is 4. The van der Waals surface area contributed by atoms with Crippen molar-refractivity contribution in [3.05, 3.63) is 43.7 Å². The number of benzene rings is 1. The molecule has 0 saturated heterocycles. The summed E-state index contributed by atoms with van der Waals surface area (Å²) in [5.41, 5.74) is 2.19. The molecule has 24 heavy (non-hydrogen) atoms. The highest BCUT2D eigenvalue weighted by atomic mass is 79.9. The minimum absolute atomic E-state index is 0.355. The van der Waals surface area contributed by atoms with Crippen LogP contribution in [0.3, 0.4) is 0 Å². The Balaban J connectivity index is 2.24. The molecular formula is C16H16BrClN2O2S2. The average Bonchev–Trinajstić information content (AvgIpc) is 2.84. The van der Waals surface area contributed by atoms with Crippen LogP contribution in [0.1, 0.15) is 27.7 Å². The summed E-state index contributed by atoms with van der Waals surface area (Å²) in [7, 11) is 1.37. The van der Waals surface area contributed by atoms with Gasteiger partial charge in [0.15, 0.2) is 5.11 Å². The van der Waals surface area contributed by atoms with Gasteiger partial charge < -0.3 is 15.4 Å². The lowest BCUT2D eigenvalue weighted by molar-refractivity contribution is 0.0601. The fraction of sp³-hybridized carbons (Fsp3) is 0.250. The fourth-order valence-electron chi connectivity index (χ4n) is 2.26. The molecule has 0 amide bonds. The van der Waals surface area contributed by atoms with E-state index >= 15 is 0 Å². The van der Waals surface area contributed by atoms with Crippen LogP contribution in [-0.2, 0) is 11.2 Å². The van der Waals surface area contributed by atoms with E-state index in [1.54, 1.807) is 6.07 Å². The number of anilines is 2. The van der Waals surface area contributed by atoms with E-state index in [-0.39, 0.29) is 5.97 Å². The van der Waals surface area contributed by atoms with Gasteiger partial charge in [0.1, 0.15) is 5.00 Å². The smallest absolute Gasteiger partial charge is 0.341 e. The Hall–Kier alpha value is -1.15. The van der Waals surface area contributed by atoms with Crippen molar-refractivity contribution in [1.29, 1.82) is 0 Å². The molecule has 0 unspecified atom stereocenters. The Morgan fingerprint density at radius 1 is 1.42 bits per heavy atom. The summed E-state index contributed by atoms with van der Waals surface area (Å²) >= 11 is 16.4. The van der Waals surface area contributed by atoms with Crippen LogP contribution in [-0.4, -0.2) is 18.2 Å². The molecule has 1 aromatic heterocycles. The lowest BCUT2D eigenvalue weighted by atomic mass is 10.1. The van der Waals surface area contributed by atoms with Crippen LogP contribution in [0.4, 0.5) is 10.7 Å². The molecule has 2 aromatic rings. The van der Waals surface area contributed by atoms with Gasteiger partial charge in [-0.15, -0.1) is 11.3 Å². The highest BCUT2D eigenvalue weighted by Crippen LogP contribution is 2.34. The number of halogens is 2. The molecule has 0 spiro atoms. The maximum atomic E-state index is 12.1. The summed E-state index contributed by atoms with van der Waals surface area (Å²) in [5, 5.41) is 7.68. The molecule has 0 radical (unpaired) electrons. The molecule has 0 bridgehead atoms. The number of thiocarbonyl (C=S) groups is 1. The highest BCUT2D eigenvalue weighted by Gasteiger charge is 2.22. The standard InChI is InChI=1S/C16H16BrClN2O2S2/c1-4-10-8(2)24-14(13(10)15(21)22-3)20-16(23)19-12-6-5-9(17)7-11(12)18/h5-7H,4H2,1-3H3,(H2,19,20,23). The number of carbonyl (C=O) groups excluding carboxylic acids is 1. The number of hydrogen-bond donors (Lipinski definition) is 2. The zero-order valence-electron chi connectivity index (χ0n) is 13.3. The van der Waals surface area contributed by atoms with Crippen LogP contribution in [0, 0.1) is 6.92 Å². The van der Waals surface area contributed by atoms with Gasteiger partial charge in [-0.3, -0.25) is 0 Å². The summed E-state index contributed by atoms with van der Waals surface area (Å²) < 4.78 is 5.78. The Morgan fingerprint density at radius 2 is 2.12 bits per heavy atom. The van der Waals surface area contributed by atoms with Gasteiger partial charge in [0.25, 0.3) is 0 Å². The molecule has 0 fully saturated rings. The van der Waals surface area contributed by atoms with Crippen LogP contribution in [0.2, 0.25) is 5.02 Å². The van der Waals surface area contributed by atoms with Gasteiger partial charge in [-0.25, -0.2) is 4.79 Å². The number of thiophene rings is 1. The van der Waals surface area contributed by atoms with Crippen LogP contribution < -0.4 is 10.6 Å². The monoisotopic (exact) mass is 446 g/mol. The third-order valence-corrected chi connectivity index (χ3v) is 5.43. The first kappa shape index (κ1) is 19.2. The summed E-state index contributed by atoms with van der Waals surface area (Å²) in [4.78, 5) is 13.2. The van der Waals surface area contributed by atoms with Crippen molar-refractivity contribution >= 4 is 72.9 Å². The third-order valence-electron chi connectivity index (χ3n) is 3.36. The van der Waals surface area contributed by atoms with E-state index in [4.69, 9.17) is 28.6 Å². The second-order valence-corrected chi connectivity index (χ2v) is 7.85. The lowest BCUT2D eigenvalue weighted by Gasteiger charge is -2.12. The first-order chi connectivity index (χ1) is 11.4. The van der Waals surface area contributed by atoms with Crippen molar-refractivity contribution in [3.63, 3.8) is 0 Å². The summed E-state index contributed by atoms with van der Waals surface area (Å²) in [6, 6.07) is 5.46. The van der Waals surface area contributed by atoms with Gasteiger partial charge in [0.2, 0.25) is 0 Å². The Bertz CT molecular complexity index is 793. The third kappa shape index (κ3) is 4.27. The molecule has 1 aromatic carbocycles. The molecule has 2 N–H and O–H groups in total. The van der Waals surface area contributed by atoms with Crippen molar-refractivity contribution in [2.75, 3.05) is 17.7 Å². The Labute approximate surface area is 163 Å². The van der Waals surface area contributed by atoms with Crippen LogP contribution >= 0.6 is 51.1 Å². The fourth-order valence-corrected chi connectivity index (χ4v) is 4.39. The molecule has 0 aliphatic heterocycles. The minimum atomic E-state index is -0.372. The van der Waals surface area contributed by atoms with Gasteiger partial charge >= 0.3 is 5.97 Å². The molecule has 0 saturated carbocycles. The van der Waals surface area contributed by atoms with E-state index in [0.717, 1.165) is 21.3 Å². The first-order valence-corrected chi connectivity index (χ1v) is 9.50. The molecule has 128 valence electrons. The predicted octanol–water partition coefficient (Wildman–Crippen LogP) is 5.63. The number of esters is 1. The number of methoxy groups -OCH3 is 1. The molecule has 0 atom stereocenters. The normalized spacial score (nSPS) is 10.4. The molecule has 0 aliphatic rings. The second-order valence-electron chi connectivity index (χ2n) is 4.89. The summed E-state index contributed by atoms with van der Waals surface area (Å²) in [6.07, 6.45) is 0.743. The van der Waals surface area contributed by atoms with Gasteiger partial charge in [-0.2, -0.15) is 0 Å². The van der Waals surface area contributed by atoms with Crippen LogP contribution in [0.25, 0.3) is 0 Å². The van der Waals surface area contributed by atoms with Crippen molar-refractivity contribution in [3.8, 4) is 0 Å². The van der Waals surface area contributed by atoms with Crippen LogP contribution in [0.15, 0.2) is 22.7 Å². The van der Waals surface area contributed by atoms with Crippen LogP contribution in [0.5, 0.6) is 0 Å².